The van der Waals surface area contributed by atoms with Crippen molar-refractivity contribution >= 4 is 35.6 Å². The van der Waals surface area contributed by atoms with Gasteiger partial charge in [-0.2, -0.15) is 0 Å². The Kier molecular flexibility index (Phi) is 8.32. The van der Waals surface area contributed by atoms with Crippen LogP contribution in [0.1, 0.15) is 43.6 Å². The predicted octanol–water partition coefficient (Wildman–Crippen LogP) is 10.6. The molecule has 5 nitrogen and oxygen atoms in total. The fraction of sp³-hybridized carbons (Fsp3) is 0.174. The molecule has 2 aromatic heterocycles. The molecule has 1 aliphatic carbocycles. The third-order valence-electron chi connectivity index (χ3n) is 11.0. The van der Waals surface area contributed by atoms with E-state index in [9.17, 15) is 0 Å². The van der Waals surface area contributed by atoms with Crippen molar-refractivity contribution in [3.63, 3.8) is 0 Å². The first-order chi connectivity index (χ1) is 25.5. The molecule has 0 spiro atoms. The lowest BCUT2D eigenvalue weighted by molar-refractivity contribution is 0.444. The normalized spacial score (nSPS) is 15.2. The summed E-state index contributed by atoms with van der Waals surface area (Å²) in [5.41, 5.74) is 8.71. The SMILES string of the molecule is C[Si]1(C)c2ccccc2N(c2ncc(-c3cccc(C4CCCCC4)c3)cc2-c2nc(-c3ccccc3)nc(-c3ccccc3)n2)c2ccccc21. The molecule has 0 unspecified atom stereocenters. The second kappa shape index (κ2) is 13.4. The molecule has 7 aromatic rings. The first kappa shape index (κ1) is 32.2. The van der Waals surface area contributed by atoms with E-state index in [1.165, 1.54) is 59.4 Å². The monoisotopic (exact) mass is 691 g/mol. The van der Waals surface area contributed by atoms with E-state index in [-0.39, 0.29) is 0 Å². The Morgan fingerprint density at radius 3 is 1.67 bits per heavy atom. The molecule has 0 saturated heterocycles. The Hall–Kier alpha value is -5.72. The van der Waals surface area contributed by atoms with Crippen LogP contribution in [-0.4, -0.2) is 28.0 Å². The Bertz CT molecular complexity index is 2280. The zero-order valence-corrected chi connectivity index (χ0v) is 30.7. The summed E-state index contributed by atoms with van der Waals surface area (Å²) < 4.78 is 0. The van der Waals surface area contributed by atoms with Crippen molar-refractivity contribution in [1.29, 1.82) is 0 Å². The van der Waals surface area contributed by atoms with Crippen LogP contribution in [0.25, 0.3) is 45.3 Å². The molecule has 1 saturated carbocycles. The summed E-state index contributed by atoms with van der Waals surface area (Å²) >= 11 is 0. The third kappa shape index (κ3) is 5.83. The van der Waals surface area contributed by atoms with E-state index in [1.807, 2.05) is 42.6 Å². The third-order valence-corrected chi connectivity index (χ3v) is 14.5. The van der Waals surface area contributed by atoms with Gasteiger partial charge in [-0.1, -0.05) is 154 Å². The van der Waals surface area contributed by atoms with Crippen LogP contribution in [0.4, 0.5) is 17.2 Å². The number of nitrogens with zero attached hydrogens (tertiary/aromatic N) is 5. The van der Waals surface area contributed by atoms with Crippen molar-refractivity contribution in [1.82, 2.24) is 19.9 Å². The number of fused-ring (bicyclic) bond motifs is 2. The number of hydrogen-bond donors (Lipinski definition) is 0. The van der Waals surface area contributed by atoms with E-state index in [2.05, 4.69) is 121 Å². The topological polar surface area (TPSA) is 54.8 Å². The minimum Gasteiger partial charge on any atom is -0.295 e. The zero-order valence-electron chi connectivity index (χ0n) is 29.7. The van der Waals surface area contributed by atoms with Crippen molar-refractivity contribution < 1.29 is 0 Å². The van der Waals surface area contributed by atoms with Crippen molar-refractivity contribution in [2.75, 3.05) is 4.90 Å². The van der Waals surface area contributed by atoms with Gasteiger partial charge in [-0.3, -0.25) is 4.90 Å². The van der Waals surface area contributed by atoms with E-state index >= 15 is 0 Å². The van der Waals surface area contributed by atoms with Crippen LogP contribution >= 0.6 is 0 Å². The molecule has 2 aliphatic rings. The molecular formula is C46H41N5Si. The average molecular weight is 692 g/mol. The van der Waals surface area contributed by atoms with Gasteiger partial charge >= 0.3 is 0 Å². The molecule has 52 heavy (non-hydrogen) atoms. The maximum absolute atomic E-state index is 5.39. The fourth-order valence-electron chi connectivity index (χ4n) is 8.19. The number of hydrogen-bond acceptors (Lipinski definition) is 5. The maximum Gasteiger partial charge on any atom is 0.167 e. The van der Waals surface area contributed by atoms with Gasteiger partial charge in [-0.25, -0.2) is 19.9 Å². The summed E-state index contributed by atoms with van der Waals surface area (Å²) in [6.45, 7) is 4.89. The molecule has 0 radical (unpaired) electrons. The summed E-state index contributed by atoms with van der Waals surface area (Å²) in [5.74, 6) is 3.28. The van der Waals surface area contributed by atoms with Gasteiger partial charge in [0.05, 0.1) is 5.56 Å². The summed E-state index contributed by atoms with van der Waals surface area (Å²) in [4.78, 5) is 23.2. The van der Waals surface area contributed by atoms with Gasteiger partial charge in [0.15, 0.2) is 17.5 Å². The Morgan fingerprint density at radius 2 is 1.06 bits per heavy atom. The number of benzene rings is 5. The highest BCUT2D eigenvalue weighted by molar-refractivity contribution is 7.02. The van der Waals surface area contributed by atoms with Crippen LogP contribution in [0, 0.1) is 0 Å². The summed E-state index contributed by atoms with van der Waals surface area (Å²) in [7, 11) is -2.01. The van der Waals surface area contributed by atoms with Gasteiger partial charge in [0.2, 0.25) is 0 Å². The molecule has 1 fully saturated rings. The first-order valence-electron chi connectivity index (χ1n) is 18.5. The van der Waals surface area contributed by atoms with E-state index in [0.29, 0.717) is 23.4 Å². The maximum atomic E-state index is 5.39. The number of para-hydroxylation sites is 2. The van der Waals surface area contributed by atoms with Crippen LogP contribution in [0.5, 0.6) is 0 Å². The van der Waals surface area contributed by atoms with Crippen molar-refractivity contribution in [2.24, 2.45) is 0 Å². The molecule has 0 atom stereocenters. The van der Waals surface area contributed by atoms with Gasteiger partial charge in [0.1, 0.15) is 13.9 Å². The van der Waals surface area contributed by atoms with Crippen LogP contribution in [0.2, 0.25) is 13.1 Å². The van der Waals surface area contributed by atoms with Crippen LogP contribution in [-0.2, 0) is 0 Å². The lowest BCUT2D eigenvalue weighted by Crippen LogP contribution is -2.58. The number of pyridine rings is 1. The molecular weight excluding hydrogens is 651 g/mol. The molecule has 0 N–H and O–H groups in total. The molecule has 0 amide bonds. The summed E-state index contributed by atoms with van der Waals surface area (Å²) in [6, 6.07) is 49.5. The Balaban J connectivity index is 1.30. The van der Waals surface area contributed by atoms with Gasteiger partial charge < -0.3 is 0 Å². The summed E-state index contributed by atoms with van der Waals surface area (Å²) in [5, 5.41) is 2.77. The predicted molar refractivity (Wildman–Crippen MR) is 217 cm³/mol. The van der Waals surface area contributed by atoms with E-state index < -0.39 is 8.07 Å². The molecule has 0 bridgehead atoms. The Labute approximate surface area is 307 Å². The highest BCUT2D eigenvalue weighted by Gasteiger charge is 2.39. The minimum absolute atomic E-state index is 0.595. The number of aromatic nitrogens is 4. The van der Waals surface area contributed by atoms with Crippen LogP contribution in [0.15, 0.2) is 146 Å². The average Bonchev–Trinajstić information content (AvgIpc) is 3.22. The highest BCUT2D eigenvalue weighted by atomic mass is 28.3. The van der Waals surface area contributed by atoms with Gasteiger partial charge in [0, 0.05) is 34.3 Å². The van der Waals surface area contributed by atoms with Gasteiger partial charge in [-0.05, 0) is 58.5 Å². The highest BCUT2D eigenvalue weighted by Crippen LogP contribution is 2.43. The van der Waals surface area contributed by atoms with Crippen molar-refractivity contribution in [3.8, 4) is 45.3 Å². The van der Waals surface area contributed by atoms with E-state index in [4.69, 9.17) is 19.9 Å². The fourth-order valence-corrected chi connectivity index (χ4v) is 11.2. The first-order valence-corrected chi connectivity index (χ1v) is 21.5. The van der Waals surface area contributed by atoms with E-state index in [1.54, 1.807) is 0 Å². The second-order valence-electron chi connectivity index (χ2n) is 14.6. The molecule has 5 aromatic carbocycles. The number of rotatable bonds is 6. The quantitative estimate of drug-likeness (QED) is 0.163. The standard InChI is InChI=1S/C46H41N5Si/c1-52(2)41-27-14-12-25-39(41)51(40-26-13-15-28-42(40)52)46-38(30-37(31-47-46)36-24-16-23-35(29-36)32-17-6-3-7-18-32)45-49-43(33-19-8-4-9-20-33)48-44(50-45)34-21-10-5-11-22-34/h4-5,8-16,19-32H,3,6-7,17-18H2,1-2H3. The smallest absolute Gasteiger partial charge is 0.167 e. The summed E-state index contributed by atoms with van der Waals surface area (Å²) in [6.07, 6.45) is 8.51. The van der Waals surface area contributed by atoms with Crippen LogP contribution < -0.4 is 15.3 Å². The second-order valence-corrected chi connectivity index (χ2v) is 18.9. The lowest BCUT2D eigenvalue weighted by atomic mass is 9.83. The van der Waals surface area contributed by atoms with Gasteiger partial charge in [0.25, 0.3) is 0 Å². The van der Waals surface area contributed by atoms with E-state index in [0.717, 1.165) is 33.6 Å². The Morgan fingerprint density at radius 1 is 0.519 bits per heavy atom. The molecule has 254 valence electrons. The van der Waals surface area contributed by atoms with Crippen molar-refractivity contribution in [3.05, 3.63) is 151 Å². The number of anilines is 3. The molecule has 6 heteroatoms. The van der Waals surface area contributed by atoms with Gasteiger partial charge in [-0.15, -0.1) is 0 Å². The lowest BCUT2D eigenvalue weighted by Gasteiger charge is -2.40. The van der Waals surface area contributed by atoms with Crippen molar-refractivity contribution in [2.45, 2.75) is 51.1 Å². The molecule has 9 rings (SSSR count). The largest absolute Gasteiger partial charge is 0.295 e. The van der Waals surface area contributed by atoms with Crippen LogP contribution in [0.3, 0.4) is 0 Å². The molecule has 1 aliphatic heterocycles. The zero-order chi connectivity index (χ0) is 35.1. The minimum atomic E-state index is -2.01. The molecule has 3 heterocycles.